The molecule has 0 aromatic carbocycles. The van der Waals surface area contributed by atoms with Gasteiger partial charge in [0.15, 0.2) is 0 Å². The van der Waals surface area contributed by atoms with E-state index in [1.54, 1.807) is 6.33 Å². The third-order valence-corrected chi connectivity index (χ3v) is 3.74. The summed E-state index contributed by atoms with van der Waals surface area (Å²) in [6.45, 7) is 6.98. The van der Waals surface area contributed by atoms with Crippen LogP contribution < -0.4 is 10.6 Å². The number of nitrogens with zero attached hydrogens (tertiary/aromatic N) is 4. The van der Waals surface area contributed by atoms with Crippen LogP contribution in [-0.2, 0) is 4.74 Å². The first-order valence-corrected chi connectivity index (χ1v) is 7.03. The van der Waals surface area contributed by atoms with E-state index in [0.717, 1.165) is 54.6 Å². The Morgan fingerprint density at radius 1 is 1.10 bits per heavy atom. The highest BCUT2D eigenvalue weighted by Crippen LogP contribution is 2.32. The second-order valence-corrected chi connectivity index (χ2v) is 5.16. The number of hydrogen-bond acceptors (Lipinski definition) is 6. The molecule has 2 aromatic rings. The average Bonchev–Trinajstić information content (AvgIpc) is 2.51. The normalized spacial score (nSPS) is 15.2. The van der Waals surface area contributed by atoms with Crippen molar-refractivity contribution in [3.63, 3.8) is 0 Å². The number of nitrogen functional groups attached to an aromatic ring is 1. The molecule has 2 N–H and O–H groups in total. The molecule has 2 aromatic heterocycles. The number of rotatable bonds is 2. The van der Waals surface area contributed by atoms with E-state index < -0.39 is 0 Å². The lowest BCUT2D eigenvalue weighted by molar-refractivity contribution is 0.122. The van der Waals surface area contributed by atoms with Crippen LogP contribution in [0.25, 0.3) is 11.1 Å². The zero-order valence-electron chi connectivity index (χ0n) is 12.3. The Kier molecular flexibility index (Phi) is 3.70. The van der Waals surface area contributed by atoms with Crippen molar-refractivity contribution in [2.45, 2.75) is 13.8 Å². The van der Waals surface area contributed by atoms with Crippen molar-refractivity contribution in [3.05, 3.63) is 30.0 Å². The summed E-state index contributed by atoms with van der Waals surface area (Å²) >= 11 is 0. The van der Waals surface area contributed by atoms with E-state index in [9.17, 15) is 0 Å². The number of aryl methyl sites for hydroxylation is 2. The topological polar surface area (TPSA) is 77.2 Å². The van der Waals surface area contributed by atoms with Crippen molar-refractivity contribution in [1.29, 1.82) is 0 Å². The Bertz CT molecular complexity index is 653. The smallest absolute Gasteiger partial charge is 0.140 e. The number of hydrogen-bond donors (Lipinski definition) is 1. The average molecular weight is 285 g/mol. The van der Waals surface area contributed by atoms with Crippen LogP contribution in [0.4, 0.5) is 11.5 Å². The molecule has 0 aliphatic carbocycles. The lowest BCUT2D eigenvalue weighted by Crippen LogP contribution is -2.37. The second-order valence-electron chi connectivity index (χ2n) is 5.16. The van der Waals surface area contributed by atoms with Gasteiger partial charge in [-0.2, -0.15) is 0 Å². The van der Waals surface area contributed by atoms with Crippen molar-refractivity contribution in [2.75, 3.05) is 36.9 Å². The van der Waals surface area contributed by atoms with Crippen LogP contribution in [-0.4, -0.2) is 41.3 Å². The maximum atomic E-state index is 6.00. The van der Waals surface area contributed by atoms with Crippen LogP contribution in [0.3, 0.4) is 0 Å². The summed E-state index contributed by atoms with van der Waals surface area (Å²) in [6, 6.07) is 1.94. The van der Waals surface area contributed by atoms with Gasteiger partial charge in [-0.1, -0.05) is 0 Å². The molecule has 0 bridgehead atoms. The van der Waals surface area contributed by atoms with E-state index >= 15 is 0 Å². The summed E-state index contributed by atoms with van der Waals surface area (Å²) in [5.74, 6) is 0.927. The largest absolute Gasteiger partial charge is 0.397 e. The highest BCUT2D eigenvalue weighted by atomic mass is 16.5. The van der Waals surface area contributed by atoms with E-state index in [1.165, 1.54) is 0 Å². The molecule has 1 saturated heterocycles. The predicted molar refractivity (Wildman–Crippen MR) is 82.2 cm³/mol. The van der Waals surface area contributed by atoms with Crippen molar-refractivity contribution in [2.24, 2.45) is 0 Å². The number of morpholine rings is 1. The minimum absolute atomic E-state index is 0.684. The van der Waals surface area contributed by atoms with Gasteiger partial charge in [0.2, 0.25) is 0 Å². The number of ether oxygens (including phenoxy) is 1. The van der Waals surface area contributed by atoms with E-state index in [1.807, 2.05) is 26.1 Å². The molecule has 0 radical (unpaired) electrons. The van der Waals surface area contributed by atoms with Crippen LogP contribution in [0, 0.1) is 13.8 Å². The molecule has 21 heavy (non-hydrogen) atoms. The van der Waals surface area contributed by atoms with Crippen LogP contribution in [0.1, 0.15) is 11.4 Å². The molecule has 3 rings (SSSR count). The molecule has 0 saturated carbocycles. The quantitative estimate of drug-likeness (QED) is 0.902. The molecule has 110 valence electrons. The van der Waals surface area contributed by atoms with Gasteiger partial charge in [0.05, 0.1) is 30.3 Å². The first kappa shape index (κ1) is 13.8. The third kappa shape index (κ3) is 2.67. The summed E-state index contributed by atoms with van der Waals surface area (Å²) in [6.07, 6.45) is 3.44. The molecular formula is C15H19N5O. The molecule has 6 nitrogen and oxygen atoms in total. The summed E-state index contributed by atoms with van der Waals surface area (Å²) in [4.78, 5) is 15.4. The first-order chi connectivity index (χ1) is 10.2. The number of aromatic nitrogens is 3. The molecular weight excluding hydrogens is 266 g/mol. The Balaban J connectivity index is 2.09. The number of nitrogens with two attached hydrogens (primary N) is 1. The fourth-order valence-corrected chi connectivity index (χ4v) is 2.50. The summed E-state index contributed by atoms with van der Waals surface area (Å²) in [7, 11) is 0. The van der Waals surface area contributed by atoms with E-state index in [4.69, 9.17) is 10.5 Å². The zero-order valence-corrected chi connectivity index (χ0v) is 12.3. The van der Waals surface area contributed by atoms with Crippen molar-refractivity contribution < 1.29 is 4.74 Å². The van der Waals surface area contributed by atoms with E-state index in [0.29, 0.717) is 5.69 Å². The Labute approximate surface area is 124 Å². The van der Waals surface area contributed by atoms with Gasteiger partial charge in [0.1, 0.15) is 12.1 Å². The van der Waals surface area contributed by atoms with Crippen LogP contribution in [0.2, 0.25) is 0 Å². The second kappa shape index (κ2) is 5.65. The highest BCUT2D eigenvalue weighted by Gasteiger charge is 2.19. The van der Waals surface area contributed by atoms with Crippen LogP contribution in [0.15, 0.2) is 18.6 Å². The van der Waals surface area contributed by atoms with Gasteiger partial charge >= 0.3 is 0 Å². The fourth-order valence-electron chi connectivity index (χ4n) is 2.50. The van der Waals surface area contributed by atoms with Gasteiger partial charge in [-0.3, -0.25) is 4.98 Å². The molecule has 1 fully saturated rings. The Morgan fingerprint density at radius 2 is 1.86 bits per heavy atom. The van der Waals surface area contributed by atoms with Gasteiger partial charge in [0.25, 0.3) is 0 Å². The fraction of sp³-hybridized carbons (Fsp3) is 0.400. The number of anilines is 2. The first-order valence-electron chi connectivity index (χ1n) is 7.03. The highest BCUT2D eigenvalue weighted by molar-refractivity contribution is 5.79. The molecule has 1 aliphatic rings. The van der Waals surface area contributed by atoms with E-state index in [2.05, 4.69) is 19.9 Å². The van der Waals surface area contributed by atoms with Gasteiger partial charge in [-0.15, -0.1) is 0 Å². The van der Waals surface area contributed by atoms with Gasteiger partial charge in [-0.25, -0.2) is 9.97 Å². The molecule has 0 spiro atoms. The van der Waals surface area contributed by atoms with Crippen molar-refractivity contribution in [3.8, 4) is 11.1 Å². The predicted octanol–water partition coefficient (Wildman–Crippen LogP) is 1.57. The summed E-state index contributed by atoms with van der Waals surface area (Å²) in [5, 5.41) is 0. The Morgan fingerprint density at radius 3 is 2.57 bits per heavy atom. The molecule has 3 heterocycles. The lowest BCUT2D eigenvalue weighted by atomic mass is 10.0. The molecule has 0 amide bonds. The van der Waals surface area contributed by atoms with Gasteiger partial charge < -0.3 is 15.4 Å². The van der Waals surface area contributed by atoms with Crippen LogP contribution >= 0.6 is 0 Å². The maximum absolute atomic E-state index is 6.00. The van der Waals surface area contributed by atoms with Crippen LogP contribution in [0.5, 0.6) is 0 Å². The van der Waals surface area contributed by atoms with Crippen molar-refractivity contribution in [1.82, 2.24) is 15.0 Å². The standard InChI is InChI=1S/C15H19N5O/c1-10-13(16)7-12(8-17-10)14-11(2)18-9-19-15(14)20-3-5-21-6-4-20/h7-9H,3-6,16H2,1-2H3. The van der Waals surface area contributed by atoms with Gasteiger partial charge in [0, 0.05) is 30.4 Å². The SMILES string of the molecule is Cc1ncc(-c2c(C)ncnc2N2CCOCC2)cc1N. The maximum Gasteiger partial charge on any atom is 0.140 e. The molecule has 0 atom stereocenters. The minimum atomic E-state index is 0.684. The van der Waals surface area contributed by atoms with Crippen molar-refractivity contribution >= 4 is 11.5 Å². The molecule has 0 unspecified atom stereocenters. The minimum Gasteiger partial charge on any atom is -0.397 e. The summed E-state index contributed by atoms with van der Waals surface area (Å²) in [5.41, 5.74) is 10.4. The van der Waals surface area contributed by atoms with E-state index in [-0.39, 0.29) is 0 Å². The number of pyridine rings is 1. The zero-order chi connectivity index (χ0) is 14.8. The van der Waals surface area contributed by atoms with Gasteiger partial charge in [-0.05, 0) is 19.9 Å². The monoisotopic (exact) mass is 285 g/mol. The Hall–Kier alpha value is -2.21. The summed E-state index contributed by atoms with van der Waals surface area (Å²) < 4.78 is 5.41. The molecule has 1 aliphatic heterocycles. The lowest BCUT2D eigenvalue weighted by Gasteiger charge is -2.29. The third-order valence-electron chi connectivity index (χ3n) is 3.74. The molecule has 6 heteroatoms.